The maximum Gasteiger partial charge on any atom is 0.267 e. The first kappa shape index (κ1) is 18.1. The van der Waals surface area contributed by atoms with Crippen molar-refractivity contribution >= 4 is 28.5 Å². The molecule has 7 nitrogen and oxygen atoms in total. The van der Waals surface area contributed by atoms with Gasteiger partial charge < -0.3 is 4.74 Å². The Kier molecular flexibility index (Phi) is 3.92. The molecule has 2 aromatic heterocycles. The Morgan fingerprint density at radius 1 is 0.967 bits per heavy atom. The lowest BCUT2D eigenvalue weighted by molar-refractivity contribution is 0.0926. The zero-order chi connectivity index (χ0) is 21.0. The van der Waals surface area contributed by atoms with Gasteiger partial charge in [-0.2, -0.15) is 5.10 Å². The summed E-state index contributed by atoms with van der Waals surface area (Å²) in [6.45, 7) is 3.82. The van der Waals surface area contributed by atoms with E-state index in [2.05, 4.69) is 10.1 Å². The summed E-state index contributed by atoms with van der Waals surface area (Å²) in [4.78, 5) is 32.2. The van der Waals surface area contributed by atoms with Crippen molar-refractivity contribution in [2.24, 2.45) is 0 Å². The van der Waals surface area contributed by atoms with E-state index in [4.69, 9.17) is 4.74 Å². The van der Waals surface area contributed by atoms with Crippen molar-refractivity contribution in [3.05, 3.63) is 77.1 Å². The highest BCUT2D eigenvalue weighted by Crippen LogP contribution is 2.35. The van der Waals surface area contributed by atoms with Crippen LogP contribution in [0, 0.1) is 13.8 Å². The number of ether oxygens (including phenoxy) is 1. The highest BCUT2D eigenvalue weighted by atomic mass is 16.5. The van der Waals surface area contributed by atoms with Crippen LogP contribution in [0.25, 0.3) is 16.7 Å². The lowest BCUT2D eigenvalue weighted by atomic mass is 10.1. The summed E-state index contributed by atoms with van der Waals surface area (Å²) >= 11 is 0. The lowest BCUT2D eigenvalue weighted by Crippen LogP contribution is -2.29. The fourth-order valence-electron chi connectivity index (χ4n) is 3.91. The molecule has 0 bridgehead atoms. The standard InChI is InChI=1S/C23H18N4O3/c1-13-7-4-5-10-18(13)27-21-19(14(2)25-27)20-17(12-24-21)22(28)26(23(20)29)15-8-6-9-16(11-15)30-3/h4-12H,1-3H3. The van der Waals surface area contributed by atoms with Crippen LogP contribution in [0.2, 0.25) is 0 Å². The van der Waals surface area contributed by atoms with Crippen LogP contribution in [0.5, 0.6) is 5.75 Å². The Bertz CT molecular complexity index is 1360. The number of pyridine rings is 1. The number of benzene rings is 2. The number of aromatic nitrogens is 3. The molecule has 0 N–H and O–H groups in total. The predicted octanol–water partition coefficient (Wildman–Crippen LogP) is 3.85. The van der Waals surface area contributed by atoms with Crippen LogP contribution < -0.4 is 9.64 Å². The van der Waals surface area contributed by atoms with E-state index in [-0.39, 0.29) is 11.5 Å². The SMILES string of the molecule is COc1cccc(N2C(=O)c3cnc4c(c(C)nn4-c4ccccc4C)c3C2=O)c1. The zero-order valence-electron chi connectivity index (χ0n) is 16.7. The van der Waals surface area contributed by atoms with Gasteiger partial charge >= 0.3 is 0 Å². The van der Waals surface area contributed by atoms with Gasteiger partial charge in [0.05, 0.1) is 40.7 Å². The van der Waals surface area contributed by atoms with Crippen LogP contribution in [0.4, 0.5) is 5.69 Å². The molecular formula is C23H18N4O3. The normalized spacial score (nSPS) is 13.2. The predicted molar refractivity (Wildman–Crippen MR) is 112 cm³/mol. The van der Waals surface area contributed by atoms with Crippen molar-refractivity contribution in [2.45, 2.75) is 13.8 Å². The van der Waals surface area contributed by atoms with Crippen molar-refractivity contribution in [3.63, 3.8) is 0 Å². The molecule has 0 fully saturated rings. The van der Waals surface area contributed by atoms with Crippen LogP contribution >= 0.6 is 0 Å². The van der Waals surface area contributed by atoms with Crippen molar-refractivity contribution in [1.82, 2.24) is 14.8 Å². The number of amides is 2. The Morgan fingerprint density at radius 3 is 2.53 bits per heavy atom. The van der Waals surface area contributed by atoms with Crippen molar-refractivity contribution < 1.29 is 14.3 Å². The van der Waals surface area contributed by atoms with E-state index >= 15 is 0 Å². The van der Waals surface area contributed by atoms with Crippen LogP contribution in [-0.4, -0.2) is 33.7 Å². The van der Waals surface area contributed by atoms with Gasteiger partial charge in [-0.15, -0.1) is 0 Å². The number of carbonyl (C=O) groups excluding carboxylic acids is 2. The number of hydrogen-bond donors (Lipinski definition) is 0. The summed E-state index contributed by atoms with van der Waals surface area (Å²) in [6, 6.07) is 14.7. The summed E-state index contributed by atoms with van der Waals surface area (Å²) in [7, 11) is 1.54. The first-order valence-electron chi connectivity index (χ1n) is 9.48. The molecule has 0 unspecified atom stereocenters. The minimum atomic E-state index is -0.402. The highest BCUT2D eigenvalue weighted by molar-refractivity contribution is 6.37. The summed E-state index contributed by atoms with van der Waals surface area (Å²) < 4.78 is 6.97. The quantitative estimate of drug-likeness (QED) is 0.490. The van der Waals surface area contributed by atoms with Gasteiger partial charge in [-0.25, -0.2) is 14.6 Å². The van der Waals surface area contributed by atoms with E-state index in [9.17, 15) is 9.59 Å². The lowest BCUT2D eigenvalue weighted by Gasteiger charge is -2.14. The molecule has 1 aliphatic rings. The molecule has 0 aliphatic carbocycles. The number of methoxy groups -OCH3 is 1. The summed E-state index contributed by atoms with van der Waals surface area (Å²) in [6.07, 6.45) is 1.47. The molecule has 0 saturated carbocycles. The van der Waals surface area contributed by atoms with Crippen molar-refractivity contribution in [1.29, 1.82) is 0 Å². The van der Waals surface area contributed by atoms with Gasteiger partial charge in [0.25, 0.3) is 11.8 Å². The van der Waals surface area contributed by atoms with Crippen LogP contribution in [0.1, 0.15) is 32.0 Å². The number of fused-ring (bicyclic) bond motifs is 3. The van der Waals surface area contributed by atoms with E-state index in [1.165, 1.54) is 18.2 Å². The van der Waals surface area contributed by atoms with Gasteiger partial charge in [-0.3, -0.25) is 9.59 Å². The molecule has 0 saturated heterocycles. The van der Waals surface area contributed by atoms with Crippen LogP contribution in [-0.2, 0) is 0 Å². The van der Waals surface area contributed by atoms with Gasteiger partial charge in [0.1, 0.15) is 5.75 Å². The summed E-state index contributed by atoms with van der Waals surface area (Å²) in [5, 5.41) is 5.23. The van der Waals surface area contributed by atoms with E-state index in [1.54, 1.807) is 28.9 Å². The number of nitrogens with zero attached hydrogens (tertiary/aromatic N) is 4. The van der Waals surface area contributed by atoms with Gasteiger partial charge in [0.2, 0.25) is 0 Å². The number of carbonyl (C=O) groups is 2. The molecule has 5 rings (SSSR count). The number of rotatable bonds is 3. The maximum atomic E-state index is 13.4. The number of para-hydroxylation sites is 1. The van der Waals surface area contributed by atoms with Gasteiger partial charge in [-0.05, 0) is 37.6 Å². The number of imide groups is 1. The maximum absolute atomic E-state index is 13.4. The van der Waals surface area contributed by atoms with Crippen molar-refractivity contribution in [2.75, 3.05) is 12.0 Å². The monoisotopic (exact) mass is 398 g/mol. The van der Waals surface area contributed by atoms with Crippen molar-refractivity contribution in [3.8, 4) is 11.4 Å². The van der Waals surface area contributed by atoms with Gasteiger partial charge in [-0.1, -0.05) is 24.3 Å². The largest absolute Gasteiger partial charge is 0.497 e. The first-order chi connectivity index (χ1) is 14.5. The molecule has 4 aromatic rings. The Morgan fingerprint density at radius 2 is 1.77 bits per heavy atom. The summed E-state index contributed by atoms with van der Waals surface area (Å²) in [5.74, 6) is -0.223. The number of hydrogen-bond acceptors (Lipinski definition) is 5. The molecule has 0 spiro atoms. The van der Waals surface area contributed by atoms with E-state index in [1.807, 2.05) is 38.1 Å². The Hall–Kier alpha value is -4.00. The van der Waals surface area contributed by atoms with Crippen LogP contribution in [0.15, 0.2) is 54.7 Å². The third-order valence-electron chi connectivity index (χ3n) is 5.38. The Balaban J connectivity index is 1.72. The minimum absolute atomic E-state index is 0.280. The molecule has 3 heterocycles. The fraction of sp³-hybridized carbons (Fsp3) is 0.130. The number of anilines is 1. The summed E-state index contributed by atoms with van der Waals surface area (Å²) in [5.41, 5.74) is 4.18. The minimum Gasteiger partial charge on any atom is -0.497 e. The Labute approximate surface area is 172 Å². The van der Waals surface area contributed by atoms with E-state index < -0.39 is 5.91 Å². The van der Waals surface area contributed by atoms with E-state index in [0.29, 0.717) is 33.7 Å². The third-order valence-corrected chi connectivity index (χ3v) is 5.38. The smallest absolute Gasteiger partial charge is 0.267 e. The molecule has 2 amide bonds. The first-order valence-corrected chi connectivity index (χ1v) is 9.48. The van der Waals surface area contributed by atoms with Gasteiger partial charge in [0, 0.05) is 12.3 Å². The molecule has 30 heavy (non-hydrogen) atoms. The molecular weight excluding hydrogens is 380 g/mol. The van der Waals surface area contributed by atoms with Crippen LogP contribution in [0.3, 0.4) is 0 Å². The molecule has 1 aliphatic heterocycles. The molecule has 0 atom stereocenters. The zero-order valence-corrected chi connectivity index (χ0v) is 16.7. The number of aryl methyl sites for hydroxylation is 2. The second-order valence-electron chi connectivity index (χ2n) is 7.18. The second kappa shape index (κ2) is 6.52. The second-order valence-corrected chi connectivity index (χ2v) is 7.18. The topological polar surface area (TPSA) is 77.3 Å². The molecule has 7 heteroatoms. The fourth-order valence-corrected chi connectivity index (χ4v) is 3.91. The van der Waals surface area contributed by atoms with Gasteiger partial charge in [0.15, 0.2) is 5.65 Å². The third kappa shape index (κ3) is 2.45. The molecule has 0 radical (unpaired) electrons. The average Bonchev–Trinajstić information content (AvgIpc) is 3.22. The molecule has 2 aromatic carbocycles. The van der Waals surface area contributed by atoms with E-state index in [0.717, 1.165) is 11.3 Å². The average molecular weight is 398 g/mol. The molecule has 148 valence electrons. The highest BCUT2D eigenvalue weighted by Gasteiger charge is 2.40.